The molecule has 102 valence electrons. The van der Waals surface area contributed by atoms with Crippen molar-refractivity contribution in [2.45, 2.75) is 25.8 Å². The quantitative estimate of drug-likeness (QED) is 0.860. The van der Waals surface area contributed by atoms with Gasteiger partial charge in [-0.25, -0.2) is 4.98 Å². The zero-order chi connectivity index (χ0) is 15.5. The molecule has 0 spiro atoms. The lowest BCUT2D eigenvalue weighted by Gasteiger charge is -2.20. The molecule has 0 radical (unpaired) electrons. The van der Waals surface area contributed by atoms with E-state index in [1.807, 2.05) is 50.3 Å². The van der Waals surface area contributed by atoms with Crippen LogP contribution in [0.1, 0.15) is 36.4 Å². The largest absolute Gasteiger partial charge is 0.317 e. The number of rotatable bonds is 3. The van der Waals surface area contributed by atoms with E-state index in [2.05, 4.69) is 11.1 Å². The standard InChI is InChI=1S/C16H13N5/c1-16(2,10-19)13-6-4-3-5-12(13)9-21-11-20-14(7-17)15(21)8-18/h3-6,11H,9H2,1-2H3. The van der Waals surface area contributed by atoms with E-state index in [1.54, 1.807) is 4.57 Å². The fraction of sp³-hybridized carbons (Fsp3) is 0.250. The van der Waals surface area contributed by atoms with Crippen LogP contribution in [0.5, 0.6) is 0 Å². The summed E-state index contributed by atoms with van der Waals surface area (Å²) < 4.78 is 1.63. The first kappa shape index (κ1) is 14.3. The Morgan fingerprint density at radius 3 is 2.48 bits per heavy atom. The van der Waals surface area contributed by atoms with Gasteiger partial charge in [0.2, 0.25) is 0 Å². The van der Waals surface area contributed by atoms with E-state index in [0.29, 0.717) is 6.54 Å². The fourth-order valence-electron chi connectivity index (χ4n) is 2.21. The van der Waals surface area contributed by atoms with Crippen molar-refractivity contribution in [1.29, 1.82) is 15.8 Å². The van der Waals surface area contributed by atoms with E-state index in [9.17, 15) is 5.26 Å². The number of aromatic nitrogens is 2. The highest BCUT2D eigenvalue weighted by molar-refractivity contribution is 5.40. The molecular weight excluding hydrogens is 262 g/mol. The zero-order valence-corrected chi connectivity index (χ0v) is 11.8. The highest BCUT2D eigenvalue weighted by Crippen LogP contribution is 2.26. The van der Waals surface area contributed by atoms with E-state index >= 15 is 0 Å². The maximum atomic E-state index is 9.32. The number of nitriles is 3. The van der Waals surface area contributed by atoms with Gasteiger partial charge in [0.1, 0.15) is 12.1 Å². The van der Waals surface area contributed by atoms with Crippen LogP contribution in [0.4, 0.5) is 0 Å². The van der Waals surface area contributed by atoms with Crippen LogP contribution in [-0.4, -0.2) is 9.55 Å². The molecule has 21 heavy (non-hydrogen) atoms. The molecule has 0 unspecified atom stereocenters. The molecule has 2 rings (SSSR count). The van der Waals surface area contributed by atoms with E-state index in [4.69, 9.17) is 10.5 Å². The third kappa shape index (κ3) is 2.61. The lowest BCUT2D eigenvalue weighted by atomic mass is 9.83. The maximum Gasteiger partial charge on any atom is 0.176 e. The summed E-state index contributed by atoms with van der Waals surface area (Å²) in [6, 6.07) is 13.8. The second-order valence-electron chi connectivity index (χ2n) is 5.19. The molecule has 1 heterocycles. The molecule has 0 atom stereocenters. The van der Waals surface area contributed by atoms with Gasteiger partial charge in [-0.15, -0.1) is 0 Å². The number of benzene rings is 1. The van der Waals surface area contributed by atoms with E-state index in [1.165, 1.54) is 6.33 Å². The van der Waals surface area contributed by atoms with Gasteiger partial charge in [-0.2, -0.15) is 15.8 Å². The first-order valence-corrected chi connectivity index (χ1v) is 6.38. The molecule has 1 aromatic carbocycles. The Morgan fingerprint density at radius 1 is 1.14 bits per heavy atom. The normalized spacial score (nSPS) is 10.4. The molecular formula is C16H13N5. The minimum absolute atomic E-state index is 0.120. The smallest absolute Gasteiger partial charge is 0.176 e. The van der Waals surface area contributed by atoms with Crippen molar-refractivity contribution >= 4 is 0 Å². The number of hydrogen-bond donors (Lipinski definition) is 0. The number of nitrogens with zero attached hydrogens (tertiary/aromatic N) is 5. The predicted octanol–water partition coefficient (Wildman–Crippen LogP) is 2.48. The van der Waals surface area contributed by atoms with Crippen LogP contribution in [0.3, 0.4) is 0 Å². The Labute approximate surface area is 123 Å². The van der Waals surface area contributed by atoms with Crippen LogP contribution < -0.4 is 0 Å². The summed E-state index contributed by atoms with van der Waals surface area (Å²) in [7, 11) is 0. The highest BCUT2D eigenvalue weighted by Gasteiger charge is 2.23. The highest BCUT2D eigenvalue weighted by atomic mass is 15.1. The second kappa shape index (κ2) is 5.49. The van der Waals surface area contributed by atoms with Crippen molar-refractivity contribution in [3.05, 3.63) is 53.1 Å². The molecule has 0 saturated carbocycles. The molecule has 0 aliphatic carbocycles. The van der Waals surface area contributed by atoms with Crippen LogP contribution in [0, 0.1) is 34.0 Å². The van der Waals surface area contributed by atoms with Gasteiger partial charge in [0.15, 0.2) is 11.4 Å². The average Bonchev–Trinajstić information content (AvgIpc) is 2.89. The summed E-state index contributed by atoms with van der Waals surface area (Å²) in [5.41, 5.74) is 1.57. The van der Waals surface area contributed by atoms with Crippen molar-refractivity contribution < 1.29 is 0 Å². The Balaban J connectivity index is 2.48. The Hall–Kier alpha value is -3.10. The van der Waals surface area contributed by atoms with E-state index < -0.39 is 5.41 Å². The van der Waals surface area contributed by atoms with Crippen LogP contribution in [0.2, 0.25) is 0 Å². The second-order valence-corrected chi connectivity index (χ2v) is 5.19. The molecule has 2 aromatic rings. The van der Waals surface area contributed by atoms with Crippen LogP contribution in [0.25, 0.3) is 0 Å². The summed E-state index contributed by atoms with van der Waals surface area (Å²) in [5.74, 6) is 0. The monoisotopic (exact) mass is 275 g/mol. The molecule has 0 aliphatic rings. The minimum Gasteiger partial charge on any atom is -0.317 e. The third-order valence-electron chi connectivity index (χ3n) is 3.36. The number of hydrogen-bond acceptors (Lipinski definition) is 4. The molecule has 0 saturated heterocycles. The molecule has 0 amide bonds. The minimum atomic E-state index is -0.623. The van der Waals surface area contributed by atoms with E-state index in [0.717, 1.165) is 11.1 Å². The summed E-state index contributed by atoms with van der Waals surface area (Å²) in [6.45, 7) is 4.11. The van der Waals surface area contributed by atoms with Crippen LogP contribution in [0.15, 0.2) is 30.6 Å². The van der Waals surface area contributed by atoms with Gasteiger partial charge in [-0.1, -0.05) is 24.3 Å². The first-order valence-electron chi connectivity index (χ1n) is 6.38. The lowest BCUT2D eigenvalue weighted by molar-refractivity contribution is 0.662. The third-order valence-corrected chi connectivity index (χ3v) is 3.36. The van der Waals surface area contributed by atoms with E-state index in [-0.39, 0.29) is 11.4 Å². The summed E-state index contributed by atoms with van der Waals surface area (Å²) in [4.78, 5) is 3.93. The Bertz CT molecular complexity index is 793. The van der Waals surface area contributed by atoms with Gasteiger partial charge in [0.05, 0.1) is 24.4 Å². The first-order chi connectivity index (χ1) is 10.0. The fourth-order valence-corrected chi connectivity index (χ4v) is 2.21. The van der Waals surface area contributed by atoms with Crippen molar-refractivity contribution in [2.24, 2.45) is 0 Å². The molecule has 1 aromatic heterocycles. The molecule has 5 nitrogen and oxygen atoms in total. The summed E-state index contributed by atoms with van der Waals surface area (Å²) in [6.07, 6.45) is 1.48. The Kier molecular flexibility index (Phi) is 3.74. The molecule has 0 aliphatic heterocycles. The van der Waals surface area contributed by atoms with Crippen LogP contribution >= 0.6 is 0 Å². The molecule has 0 bridgehead atoms. The van der Waals surface area contributed by atoms with Crippen molar-refractivity contribution in [3.8, 4) is 18.2 Å². The average molecular weight is 275 g/mol. The SMILES string of the molecule is CC(C)(C#N)c1ccccc1Cn1cnc(C#N)c1C#N. The van der Waals surface area contributed by atoms with Crippen LogP contribution in [-0.2, 0) is 12.0 Å². The predicted molar refractivity (Wildman–Crippen MR) is 75.8 cm³/mol. The number of imidazole rings is 1. The van der Waals surface area contributed by atoms with Crippen molar-refractivity contribution in [1.82, 2.24) is 9.55 Å². The van der Waals surface area contributed by atoms with Gasteiger partial charge >= 0.3 is 0 Å². The molecule has 5 heteroatoms. The van der Waals surface area contributed by atoms with Gasteiger partial charge in [0.25, 0.3) is 0 Å². The maximum absolute atomic E-state index is 9.32. The van der Waals surface area contributed by atoms with Crippen molar-refractivity contribution in [2.75, 3.05) is 0 Å². The summed E-state index contributed by atoms with van der Waals surface area (Å²) in [5, 5.41) is 27.4. The van der Waals surface area contributed by atoms with Gasteiger partial charge in [0, 0.05) is 0 Å². The molecule has 0 fully saturated rings. The Morgan fingerprint density at radius 2 is 1.86 bits per heavy atom. The zero-order valence-electron chi connectivity index (χ0n) is 11.8. The topological polar surface area (TPSA) is 89.2 Å². The van der Waals surface area contributed by atoms with Gasteiger partial charge in [-0.05, 0) is 25.0 Å². The lowest BCUT2D eigenvalue weighted by Crippen LogP contribution is -2.18. The van der Waals surface area contributed by atoms with Gasteiger partial charge < -0.3 is 4.57 Å². The van der Waals surface area contributed by atoms with Crippen molar-refractivity contribution in [3.63, 3.8) is 0 Å². The molecule has 0 N–H and O–H groups in total. The van der Waals surface area contributed by atoms with Gasteiger partial charge in [-0.3, -0.25) is 0 Å². The summed E-state index contributed by atoms with van der Waals surface area (Å²) >= 11 is 0.